The van der Waals surface area contributed by atoms with Gasteiger partial charge in [0.15, 0.2) is 5.13 Å². The molecule has 0 aliphatic heterocycles. The van der Waals surface area contributed by atoms with E-state index >= 15 is 0 Å². The predicted octanol–water partition coefficient (Wildman–Crippen LogP) is 4.46. The molecular weight excluding hydrogens is 347 g/mol. The lowest BCUT2D eigenvalue weighted by Crippen LogP contribution is -2.12. The molecule has 2 rings (SSSR count). The van der Waals surface area contributed by atoms with Crippen molar-refractivity contribution < 1.29 is 4.79 Å². The summed E-state index contributed by atoms with van der Waals surface area (Å²) in [5, 5.41) is 3.74. The van der Waals surface area contributed by atoms with Crippen LogP contribution in [0.1, 0.15) is 10.4 Å². The van der Waals surface area contributed by atoms with Crippen LogP contribution in [0.3, 0.4) is 0 Å². The molecule has 0 saturated carbocycles. The van der Waals surface area contributed by atoms with Crippen LogP contribution in [0.2, 0.25) is 10.0 Å². The smallest absolute Gasteiger partial charge is 0.260 e. The van der Waals surface area contributed by atoms with Crippen LogP contribution in [0.25, 0.3) is 0 Å². The van der Waals surface area contributed by atoms with Crippen LogP contribution in [0, 0.1) is 0 Å². The number of hydrogen-bond acceptors (Lipinski definition) is 3. The van der Waals surface area contributed by atoms with Crippen LogP contribution in [-0.2, 0) is 0 Å². The van der Waals surface area contributed by atoms with Gasteiger partial charge in [-0.1, -0.05) is 40.6 Å². The summed E-state index contributed by atoms with van der Waals surface area (Å²) in [6, 6.07) is 4.90. The van der Waals surface area contributed by atoms with E-state index in [9.17, 15) is 4.79 Å². The third kappa shape index (κ3) is 2.98. The topological polar surface area (TPSA) is 42.0 Å². The molecule has 2 aromatic rings. The van der Waals surface area contributed by atoms with Crippen LogP contribution in [0.15, 0.2) is 28.2 Å². The van der Waals surface area contributed by atoms with Gasteiger partial charge in [-0.2, -0.15) is 0 Å². The van der Waals surface area contributed by atoms with Gasteiger partial charge in [0.1, 0.15) is 0 Å². The molecule has 0 unspecified atom stereocenters. The van der Waals surface area contributed by atoms with Gasteiger partial charge in [-0.25, -0.2) is 4.98 Å². The Kier molecular flexibility index (Phi) is 4.04. The molecule has 1 aromatic carbocycles. The summed E-state index contributed by atoms with van der Waals surface area (Å²) in [7, 11) is 0. The molecule has 1 amide bonds. The number of hydrogen-bond donors (Lipinski definition) is 1. The van der Waals surface area contributed by atoms with E-state index in [0.717, 1.165) is 3.79 Å². The Balaban J connectivity index is 2.26. The Morgan fingerprint density at radius 1 is 1.35 bits per heavy atom. The maximum absolute atomic E-state index is 11.9. The summed E-state index contributed by atoms with van der Waals surface area (Å²) < 4.78 is 0.832. The average Bonchev–Trinajstić information content (AvgIpc) is 2.63. The van der Waals surface area contributed by atoms with E-state index in [1.54, 1.807) is 24.4 Å². The van der Waals surface area contributed by atoms with Crippen molar-refractivity contribution in [2.75, 3.05) is 5.32 Å². The minimum atomic E-state index is -0.373. The van der Waals surface area contributed by atoms with Crippen LogP contribution in [0.5, 0.6) is 0 Å². The average molecular weight is 352 g/mol. The van der Waals surface area contributed by atoms with Gasteiger partial charge in [-0.15, -0.1) is 0 Å². The minimum Gasteiger partial charge on any atom is -0.298 e. The lowest BCUT2D eigenvalue weighted by atomic mass is 10.2. The second-order valence-corrected chi connectivity index (χ2v) is 6.24. The van der Waals surface area contributed by atoms with Gasteiger partial charge in [-0.05, 0) is 28.1 Å². The third-order valence-corrected chi connectivity index (χ3v) is 3.91. The van der Waals surface area contributed by atoms with Crippen molar-refractivity contribution in [1.82, 2.24) is 4.98 Å². The highest BCUT2D eigenvalue weighted by molar-refractivity contribution is 9.11. The van der Waals surface area contributed by atoms with Crippen molar-refractivity contribution in [3.63, 3.8) is 0 Å². The van der Waals surface area contributed by atoms with Gasteiger partial charge in [-0.3, -0.25) is 10.1 Å². The molecule has 88 valence electrons. The fourth-order valence-corrected chi connectivity index (χ4v) is 2.86. The van der Waals surface area contributed by atoms with Gasteiger partial charge < -0.3 is 0 Å². The Morgan fingerprint density at radius 3 is 2.53 bits per heavy atom. The van der Waals surface area contributed by atoms with Crippen LogP contribution < -0.4 is 5.32 Å². The molecule has 0 saturated heterocycles. The molecule has 0 spiro atoms. The number of halogens is 3. The largest absolute Gasteiger partial charge is 0.298 e. The van der Waals surface area contributed by atoms with Crippen molar-refractivity contribution in [3.8, 4) is 0 Å². The highest BCUT2D eigenvalue weighted by Crippen LogP contribution is 2.27. The molecule has 17 heavy (non-hydrogen) atoms. The number of carbonyl (C=O) groups excluding carboxylic acids is 1. The molecular formula is C10H5BrCl2N2OS. The van der Waals surface area contributed by atoms with Crippen molar-refractivity contribution >= 4 is 61.5 Å². The maximum Gasteiger partial charge on any atom is 0.260 e. The third-order valence-electron chi connectivity index (χ3n) is 1.89. The van der Waals surface area contributed by atoms with Crippen molar-refractivity contribution in [1.29, 1.82) is 0 Å². The highest BCUT2D eigenvalue weighted by atomic mass is 79.9. The highest BCUT2D eigenvalue weighted by Gasteiger charge is 2.15. The molecule has 0 bridgehead atoms. The predicted molar refractivity (Wildman–Crippen MR) is 74.2 cm³/mol. The van der Waals surface area contributed by atoms with Gasteiger partial charge in [0, 0.05) is 0 Å². The Labute approximate surface area is 120 Å². The second-order valence-electron chi connectivity index (χ2n) is 3.02. The molecule has 0 atom stereocenters. The number of benzene rings is 1. The fraction of sp³-hybridized carbons (Fsp3) is 0. The SMILES string of the molecule is O=C(Nc1ncc(Br)s1)c1c(Cl)cccc1Cl. The molecule has 0 aliphatic carbocycles. The number of amides is 1. The molecule has 1 aromatic heterocycles. The summed E-state index contributed by atoms with van der Waals surface area (Å²) in [6.45, 7) is 0. The zero-order valence-electron chi connectivity index (χ0n) is 8.21. The summed E-state index contributed by atoms with van der Waals surface area (Å²) >= 11 is 16.4. The lowest BCUT2D eigenvalue weighted by Gasteiger charge is -2.05. The Bertz CT molecular complexity index is 553. The van der Waals surface area contributed by atoms with E-state index in [4.69, 9.17) is 23.2 Å². The minimum absolute atomic E-state index is 0.252. The van der Waals surface area contributed by atoms with Crippen molar-refractivity contribution in [2.45, 2.75) is 0 Å². The number of nitrogens with zero attached hydrogens (tertiary/aromatic N) is 1. The monoisotopic (exact) mass is 350 g/mol. The van der Waals surface area contributed by atoms with Gasteiger partial charge in [0.2, 0.25) is 0 Å². The molecule has 1 heterocycles. The molecule has 1 N–H and O–H groups in total. The first-order chi connectivity index (χ1) is 8.08. The lowest BCUT2D eigenvalue weighted by molar-refractivity contribution is 0.102. The van der Waals surface area contributed by atoms with Crippen molar-refractivity contribution in [3.05, 3.63) is 43.8 Å². The molecule has 0 aliphatic rings. The van der Waals surface area contributed by atoms with E-state index < -0.39 is 0 Å². The second kappa shape index (κ2) is 5.35. The first-order valence-electron chi connectivity index (χ1n) is 4.44. The number of aromatic nitrogens is 1. The molecule has 3 nitrogen and oxygen atoms in total. The first kappa shape index (κ1) is 12.8. The quantitative estimate of drug-likeness (QED) is 0.867. The number of rotatable bonds is 2. The van der Waals surface area contributed by atoms with E-state index in [1.807, 2.05) is 0 Å². The standard InChI is InChI=1S/C10H5BrCl2N2OS/c11-7-4-14-10(17-7)15-9(16)8-5(12)2-1-3-6(8)13/h1-4H,(H,14,15,16). The number of anilines is 1. The van der Waals surface area contributed by atoms with E-state index in [2.05, 4.69) is 26.2 Å². The van der Waals surface area contributed by atoms with Gasteiger partial charge >= 0.3 is 0 Å². The summed E-state index contributed by atoms with van der Waals surface area (Å²) in [4.78, 5) is 15.9. The number of carbonyl (C=O) groups is 1. The maximum atomic E-state index is 11.9. The van der Waals surface area contributed by atoms with E-state index in [-0.39, 0.29) is 11.5 Å². The zero-order chi connectivity index (χ0) is 12.4. The molecule has 0 fully saturated rings. The van der Waals surface area contributed by atoms with Crippen LogP contribution >= 0.6 is 50.5 Å². The number of thiazole rings is 1. The van der Waals surface area contributed by atoms with Crippen LogP contribution in [0.4, 0.5) is 5.13 Å². The van der Waals surface area contributed by atoms with Crippen LogP contribution in [-0.4, -0.2) is 10.9 Å². The number of nitrogens with one attached hydrogen (secondary N) is 1. The van der Waals surface area contributed by atoms with Gasteiger partial charge in [0.25, 0.3) is 5.91 Å². The zero-order valence-corrected chi connectivity index (χ0v) is 12.1. The summed E-state index contributed by atoms with van der Waals surface area (Å²) in [6.07, 6.45) is 1.61. The normalized spacial score (nSPS) is 10.3. The van der Waals surface area contributed by atoms with Gasteiger partial charge in [0.05, 0.1) is 25.6 Å². The van der Waals surface area contributed by atoms with Crippen molar-refractivity contribution in [2.24, 2.45) is 0 Å². The van der Waals surface area contributed by atoms with E-state index in [0.29, 0.717) is 15.2 Å². The molecule has 0 radical (unpaired) electrons. The molecule has 7 heteroatoms. The summed E-state index contributed by atoms with van der Waals surface area (Å²) in [5.41, 5.74) is 0.252. The Morgan fingerprint density at radius 2 is 2.00 bits per heavy atom. The first-order valence-corrected chi connectivity index (χ1v) is 6.81. The Hall–Kier alpha value is -0.620. The van der Waals surface area contributed by atoms with E-state index in [1.165, 1.54) is 11.3 Å². The summed E-state index contributed by atoms with van der Waals surface area (Å²) in [5.74, 6) is -0.373. The fourth-order valence-electron chi connectivity index (χ4n) is 1.19.